The lowest BCUT2D eigenvalue weighted by atomic mass is 9.85. The summed E-state index contributed by atoms with van der Waals surface area (Å²) < 4.78 is 43.7. The van der Waals surface area contributed by atoms with Gasteiger partial charge in [-0.05, 0) is 44.5 Å². The molecule has 1 amide bonds. The van der Waals surface area contributed by atoms with Gasteiger partial charge < -0.3 is 10.1 Å². The molecule has 0 aliphatic rings. The van der Waals surface area contributed by atoms with Crippen LogP contribution in [0.3, 0.4) is 0 Å². The van der Waals surface area contributed by atoms with Crippen LogP contribution in [0.5, 0.6) is 5.75 Å². The molecule has 0 aliphatic heterocycles. The molecule has 1 unspecified atom stereocenters. The first-order valence-electron chi connectivity index (χ1n) is 9.33. The highest BCUT2D eigenvalue weighted by Crippen LogP contribution is 2.31. The topological polar surface area (TPSA) is 130 Å². The van der Waals surface area contributed by atoms with Crippen molar-refractivity contribution >= 4 is 17.2 Å². The van der Waals surface area contributed by atoms with Crippen LogP contribution in [0.25, 0.3) is 5.13 Å². The lowest BCUT2D eigenvalue weighted by Crippen LogP contribution is -2.29. The van der Waals surface area contributed by atoms with Crippen LogP contribution in [0.15, 0.2) is 30.7 Å². The molecular weight excluding hydrogens is 459 g/mol. The van der Waals surface area contributed by atoms with Crippen molar-refractivity contribution < 1.29 is 22.7 Å². The number of aromatic nitrogens is 4. The number of carbonyl (C=O) groups excluding carboxylic acids is 1. The molecule has 3 aromatic rings. The Labute approximate surface area is 190 Å². The average molecular weight is 475 g/mol. The second-order valence-electron chi connectivity index (χ2n) is 7.37. The molecule has 0 bridgehead atoms. The second kappa shape index (κ2) is 8.88. The Hall–Kier alpha value is -3.97. The summed E-state index contributed by atoms with van der Waals surface area (Å²) >= 11 is 1.07. The number of benzene rings is 1. The number of nitriles is 2. The van der Waals surface area contributed by atoms with Gasteiger partial charge in [-0.25, -0.2) is 9.97 Å². The second-order valence-corrected chi connectivity index (χ2v) is 8.38. The van der Waals surface area contributed by atoms with Crippen molar-refractivity contribution in [3.63, 3.8) is 0 Å². The molecule has 1 N–H and O–H groups in total. The average Bonchev–Trinajstić information content (AvgIpc) is 3.41. The van der Waals surface area contributed by atoms with Crippen molar-refractivity contribution in [1.82, 2.24) is 25.1 Å². The molecule has 0 spiro atoms. The third-order valence-corrected chi connectivity index (χ3v) is 5.37. The van der Waals surface area contributed by atoms with E-state index in [-0.39, 0.29) is 11.1 Å². The lowest BCUT2D eigenvalue weighted by Gasteiger charge is -2.20. The highest BCUT2D eigenvalue weighted by Gasteiger charge is 2.33. The zero-order valence-electron chi connectivity index (χ0n) is 17.5. The Morgan fingerprint density at radius 3 is 2.58 bits per heavy atom. The normalized spacial score (nSPS) is 12.5. The van der Waals surface area contributed by atoms with Gasteiger partial charge in [-0.3, -0.25) is 4.79 Å². The van der Waals surface area contributed by atoms with Gasteiger partial charge in [0.05, 0.1) is 23.7 Å². The van der Waals surface area contributed by atoms with Gasteiger partial charge in [-0.2, -0.15) is 20.3 Å². The van der Waals surface area contributed by atoms with Crippen LogP contribution in [-0.4, -0.2) is 32.0 Å². The highest BCUT2D eigenvalue weighted by atomic mass is 32.1. The Morgan fingerprint density at radius 1 is 1.24 bits per heavy atom. The number of thiazole rings is 1. The zero-order valence-corrected chi connectivity index (χ0v) is 18.3. The maximum Gasteiger partial charge on any atom is 0.573 e. The SMILES string of the molecule is CC(NC(=O)c1cc(OC(F)(F)F)cc(C(C)(C)C#N)c1)c1ncnn1-c1ncc(C#N)s1. The van der Waals surface area contributed by atoms with E-state index in [1.165, 1.54) is 37.1 Å². The Morgan fingerprint density at radius 2 is 1.97 bits per heavy atom. The fourth-order valence-electron chi connectivity index (χ4n) is 2.80. The van der Waals surface area contributed by atoms with E-state index in [4.69, 9.17) is 5.26 Å². The van der Waals surface area contributed by atoms with Crippen molar-refractivity contribution in [2.45, 2.75) is 38.6 Å². The van der Waals surface area contributed by atoms with Crippen LogP contribution >= 0.6 is 11.3 Å². The molecular formula is C20H16F3N7O2S. The molecule has 9 nitrogen and oxygen atoms in total. The maximum atomic E-state index is 12.9. The standard InChI is InChI=1S/C20H16F3N7O2S/c1-11(16-27-10-28-30(16)18-26-8-15(7-24)33-18)29-17(31)12-4-13(19(2,3)9-25)6-14(5-12)32-20(21,22)23/h4-6,8,10-11H,1-3H3,(H,29,31). The van der Waals surface area contributed by atoms with E-state index in [2.05, 4.69) is 25.1 Å². The predicted octanol–water partition coefficient (Wildman–Crippen LogP) is 3.79. The molecule has 0 saturated heterocycles. The van der Waals surface area contributed by atoms with Crippen molar-refractivity contribution in [3.05, 3.63) is 52.6 Å². The van der Waals surface area contributed by atoms with Crippen LogP contribution in [-0.2, 0) is 5.41 Å². The number of ether oxygens (including phenoxy) is 1. The minimum atomic E-state index is -4.97. The van der Waals surface area contributed by atoms with E-state index in [0.717, 1.165) is 23.5 Å². The predicted molar refractivity (Wildman–Crippen MR) is 109 cm³/mol. The summed E-state index contributed by atoms with van der Waals surface area (Å²) in [4.78, 5) is 21.5. The van der Waals surface area contributed by atoms with Gasteiger partial charge in [0.15, 0.2) is 5.82 Å². The zero-order chi connectivity index (χ0) is 24.4. The quantitative estimate of drug-likeness (QED) is 0.574. The molecule has 0 fully saturated rings. The van der Waals surface area contributed by atoms with E-state index in [1.807, 2.05) is 12.1 Å². The first-order chi connectivity index (χ1) is 15.4. The van der Waals surface area contributed by atoms with Crippen molar-refractivity contribution in [3.8, 4) is 23.0 Å². The Balaban J connectivity index is 1.91. The number of nitrogens with one attached hydrogen (secondary N) is 1. The minimum Gasteiger partial charge on any atom is -0.406 e. The molecule has 1 aromatic carbocycles. The first kappa shape index (κ1) is 23.7. The number of carbonyl (C=O) groups is 1. The van der Waals surface area contributed by atoms with Crippen molar-refractivity contribution in [2.24, 2.45) is 0 Å². The number of hydrogen-bond acceptors (Lipinski definition) is 8. The van der Waals surface area contributed by atoms with Crippen LogP contribution in [0, 0.1) is 22.7 Å². The first-order valence-corrected chi connectivity index (χ1v) is 10.1. The van der Waals surface area contributed by atoms with E-state index in [1.54, 1.807) is 6.92 Å². The monoisotopic (exact) mass is 475 g/mol. The van der Waals surface area contributed by atoms with Gasteiger partial charge in [-0.1, -0.05) is 11.3 Å². The molecule has 1 atom stereocenters. The van der Waals surface area contributed by atoms with Crippen LogP contribution in [0.4, 0.5) is 13.2 Å². The summed E-state index contributed by atoms with van der Waals surface area (Å²) in [6.07, 6.45) is -2.35. The number of alkyl halides is 3. The van der Waals surface area contributed by atoms with E-state index >= 15 is 0 Å². The smallest absolute Gasteiger partial charge is 0.406 e. The molecule has 2 aromatic heterocycles. The van der Waals surface area contributed by atoms with Crippen LogP contribution in [0.1, 0.15) is 53.4 Å². The Kier molecular flexibility index (Phi) is 6.37. The number of halogens is 3. The number of rotatable bonds is 6. The van der Waals surface area contributed by atoms with Gasteiger partial charge in [0, 0.05) is 5.56 Å². The third kappa shape index (κ3) is 5.45. The van der Waals surface area contributed by atoms with Gasteiger partial charge in [0.25, 0.3) is 5.91 Å². The minimum absolute atomic E-state index is 0.131. The van der Waals surface area contributed by atoms with E-state index < -0.39 is 29.5 Å². The lowest BCUT2D eigenvalue weighted by molar-refractivity contribution is -0.274. The molecule has 0 radical (unpaired) electrons. The fraction of sp³-hybridized carbons (Fsp3) is 0.300. The molecule has 13 heteroatoms. The molecule has 33 heavy (non-hydrogen) atoms. The largest absolute Gasteiger partial charge is 0.573 e. The van der Waals surface area contributed by atoms with Crippen LogP contribution in [0.2, 0.25) is 0 Å². The highest BCUT2D eigenvalue weighted by molar-refractivity contribution is 7.14. The Bertz CT molecular complexity index is 1270. The van der Waals surface area contributed by atoms with E-state index in [9.17, 15) is 23.2 Å². The summed E-state index contributed by atoms with van der Waals surface area (Å²) in [6, 6.07) is 6.57. The summed E-state index contributed by atoms with van der Waals surface area (Å²) in [5, 5.41) is 25.4. The number of nitrogens with zero attached hydrogens (tertiary/aromatic N) is 6. The summed E-state index contributed by atoms with van der Waals surface area (Å²) in [5.41, 5.74) is -1.12. The van der Waals surface area contributed by atoms with Crippen LogP contribution < -0.4 is 10.1 Å². The number of hydrogen-bond donors (Lipinski definition) is 1. The van der Waals surface area contributed by atoms with Crippen molar-refractivity contribution in [1.29, 1.82) is 10.5 Å². The summed E-state index contributed by atoms with van der Waals surface area (Å²) in [5.74, 6) is -1.03. The fourth-order valence-corrected chi connectivity index (χ4v) is 3.48. The summed E-state index contributed by atoms with van der Waals surface area (Å²) in [6.45, 7) is 4.62. The van der Waals surface area contributed by atoms with Gasteiger partial charge >= 0.3 is 6.36 Å². The molecule has 2 heterocycles. The number of amides is 1. The molecule has 170 valence electrons. The molecule has 0 aliphatic carbocycles. The van der Waals surface area contributed by atoms with Gasteiger partial charge in [0.1, 0.15) is 23.0 Å². The molecule has 0 saturated carbocycles. The van der Waals surface area contributed by atoms with Gasteiger partial charge in [0.2, 0.25) is 5.13 Å². The van der Waals surface area contributed by atoms with E-state index in [0.29, 0.717) is 15.8 Å². The summed E-state index contributed by atoms with van der Waals surface area (Å²) in [7, 11) is 0. The third-order valence-electron chi connectivity index (χ3n) is 4.50. The maximum absolute atomic E-state index is 12.9. The van der Waals surface area contributed by atoms with Gasteiger partial charge in [-0.15, -0.1) is 13.2 Å². The van der Waals surface area contributed by atoms with Crippen molar-refractivity contribution in [2.75, 3.05) is 0 Å². The molecule has 3 rings (SSSR count).